The van der Waals surface area contributed by atoms with Crippen LogP contribution in [0.3, 0.4) is 0 Å². The predicted octanol–water partition coefficient (Wildman–Crippen LogP) is 1.96. The summed E-state index contributed by atoms with van der Waals surface area (Å²) in [6.45, 7) is 9.29. The number of guanidine groups is 1. The fourth-order valence-electron chi connectivity index (χ4n) is 4.10. The van der Waals surface area contributed by atoms with Crippen LogP contribution in [0.5, 0.6) is 0 Å². The van der Waals surface area contributed by atoms with E-state index in [1.54, 1.807) is 0 Å². The molecule has 1 aliphatic carbocycles. The summed E-state index contributed by atoms with van der Waals surface area (Å²) in [6.07, 6.45) is 5.50. The highest BCUT2D eigenvalue weighted by Gasteiger charge is 2.42. The molecule has 0 radical (unpaired) electrons. The van der Waals surface area contributed by atoms with Crippen molar-refractivity contribution in [3.05, 3.63) is 0 Å². The number of aliphatic imine (C=N–C) groups is 1. The van der Waals surface area contributed by atoms with Gasteiger partial charge in [0.1, 0.15) is 0 Å². The van der Waals surface area contributed by atoms with Gasteiger partial charge in [0.25, 0.3) is 0 Å². The van der Waals surface area contributed by atoms with Crippen LogP contribution in [0.25, 0.3) is 0 Å². The molecule has 0 aromatic rings. The van der Waals surface area contributed by atoms with Crippen molar-refractivity contribution < 1.29 is 14.3 Å². The van der Waals surface area contributed by atoms with Crippen molar-refractivity contribution in [3.63, 3.8) is 0 Å². The minimum Gasteiger partial charge on any atom is -0.382 e. The molecule has 2 aliphatic heterocycles. The Morgan fingerprint density at radius 1 is 1.18 bits per heavy atom. The van der Waals surface area contributed by atoms with Gasteiger partial charge < -0.3 is 24.6 Å². The smallest absolute Gasteiger partial charge is 0.225 e. The summed E-state index contributed by atoms with van der Waals surface area (Å²) < 4.78 is 10.9. The van der Waals surface area contributed by atoms with E-state index in [0.29, 0.717) is 24.5 Å². The normalized spacial score (nSPS) is 22.6. The van der Waals surface area contributed by atoms with E-state index >= 15 is 0 Å². The van der Waals surface area contributed by atoms with Gasteiger partial charge >= 0.3 is 0 Å². The Hall–Kier alpha value is -0.610. The number of likely N-dealkylation sites (tertiary alicyclic amines) is 1. The van der Waals surface area contributed by atoms with Gasteiger partial charge in [-0.25, -0.2) is 0 Å². The summed E-state index contributed by atoms with van der Waals surface area (Å²) in [5, 5.41) is 3.58. The van der Waals surface area contributed by atoms with Crippen molar-refractivity contribution >= 4 is 35.8 Å². The van der Waals surface area contributed by atoms with Crippen LogP contribution in [0.1, 0.15) is 39.0 Å². The molecule has 1 saturated carbocycles. The van der Waals surface area contributed by atoms with Gasteiger partial charge in [0.05, 0.1) is 13.2 Å². The highest BCUT2D eigenvalue weighted by Crippen LogP contribution is 2.48. The van der Waals surface area contributed by atoms with Gasteiger partial charge in [0.2, 0.25) is 5.91 Å². The zero-order valence-electron chi connectivity index (χ0n) is 17.5. The van der Waals surface area contributed by atoms with Gasteiger partial charge in [0, 0.05) is 58.9 Å². The molecule has 0 aromatic heterocycles. The highest BCUT2D eigenvalue weighted by molar-refractivity contribution is 14.0. The van der Waals surface area contributed by atoms with Crippen LogP contribution in [0.2, 0.25) is 0 Å². The second kappa shape index (κ2) is 11.5. The molecule has 2 heterocycles. The lowest BCUT2D eigenvalue weighted by atomic mass is 9.95. The van der Waals surface area contributed by atoms with Crippen LogP contribution in [-0.4, -0.2) is 87.9 Å². The number of morpholine rings is 1. The number of nitrogens with zero attached hydrogens (tertiary/aromatic N) is 3. The average Bonchev–Trinajstić information content (AvgIpc) is 3.49. The highest BCUT2D eigenvalue weighted by atomic mass is 127. The average molecular weight is 508 g/mol. The lowest BCUT2D eigenvalue weighted by Gasteiger charge is -2.37. The molecule has 0 atom stereocenters. The molecule has 0 unspecified atom stereocenters. The van der Waals surface area contributed by atoms with Crippen LogP contribution in [0.4, 0.5) is 0 Å². The van der Waals surface area contributed by atoms with Crippen molar-refractivity contribution in [2.45, 2.75) is 39.0 Å². The molecule has 7 nitrogen and oxygen atoms in total. The van der Waals surface area contributed by atoms with Crippen LogP contribution >= 0.6 is 24.0 Å². The minimum atomic E-state index is 0. The molecule has 3 rings (SSSR count). The van der Waals surface area contributed by atoms with Gasteiger partial charge in [-0.2, -0.15) is 0 Å². The minimum absolute atomic E-state index is 0. The fourth-order valence-corrected chi connectivity index (χ4v) is 4.10. The lowest BCUT2D eigenvalue weighted by Crippen LogP contribution is -2.50. The fraction of sp³-hybridized carbons (Fsp3) is 0.900. The van der Waals surface area contributed by atoms with Gasteiger partial charge in [-0.1, -0.05) is 0 Å². The number of carbonyl (C=O) groups excluding carboxylic acids is 1. The maximum Gasteiger partial charge on any atom is 0.225 e. The van der Waals surface area contributed by atoms with E-state index in [9.17, 15) is 4.79 Å². The number of amides is 1. The maximum atomic E-state index is 12.7. The molecule has 2 saturated heterocycles. The third-order valence-corrected chi connectivity index (χ3v) is 6.24. The summed E-state index contributed by atoms with van der Waals surface area (Å²) in [5.41, 5.74) is 0.399. The summed E-state index contributed by atoms with van der Waals surface area (Å²) in [6, 6.07) is 0. The van der Waals surface area contributed by atoms with E-state index in [1.807, 2.05) is 18.9 Å². The molecule has 8 heteroatoms. The maximum absolute atomic E-state index is 12.7. The zero-order valence-corrected chi connectivity index (χ0v) is 19.8. The molecule has 0 spiro atoms. The van der Waals surface area contributed by atoms with E-state index in [0.717, 1.165) is 71.2 Å². The van der Waals surface area contributed by atoms with E-state index in [4.69, 9.17) is 9.47 Å². The Bertz CT molecular complexity index is 514. The Labute approximate surface area is 186 Å². The first-order valence-corrected chi connectivity index (χ1v) is 10.6. The van der Waals surface area contributed by atoms with Crippen LogP contribution < -0.4 is 5.32 Å². The summed E-state index contributed by atoms with van der Waals surface area (Å²) in [7, 11) is 1.85. The molecule has 3 fully saturated rings. The quantitative estimate of drug-likeness (QED) is 0.247. The Kier molecular flexibility index (Phi) is 9.76. The molecule has 1 amide bonds. The first kappa shape index (κ1) is 23.7. The number of rotatable bonds is 7. The number of hydrogen-bond donors (Lipinski definition) is 1. The summed E-state index contributed by atoms with van der Waals surface area (Å²) >= 11 is 0. The third-order valence-electron chi connectivity index (χ3n) is 6.24. The SMILES string of the molecule is CCOCCC1(CNC(=NC)N2CCC(C(=O)N3CCOCC3)CC2)CC1.I. The van der Waals surface area contributed by atoms with E-state index in [-0.39, 0.29) is 29.9 Å². The molecule has 162 valence electrons. The number of hydrogen-bond acceptors (Lipinski definition) is 4. The van der Waals surface area contributed by atoms with Gasteiger partial charge in [0.15, 0.2) is 5.96 Å². The number of piperidine rings is 1. The number of carbonyl (C=O) groups is 1. The van der Waals surface area contributed by atoms with Crippen LogP contribution in [-0.2, 0) is 14.3 Å². The number of ether oxygens (including phenoxy) is 2. The molecule has 28 heavy (non-hydrogen) atoms. The number of halogens is 1. The number of nitrogens with one attached hydrogen (secondary N) is 1. The van der Waals surface area contributed by atoms with E-state index in [1.165, 1.54) is 12.8 Å². The Balaban J connectivity index is 0.00000280. The van der Waals surface area contributed by atoms with Crippen molar-refractivity contribution in [1.82, 2.24) is 15.1 Å². The first-order valence-electron chi connectivity index (χ1n) is 10.6. The molecular formula is C20H37IN4O3. The standard InChI is InChI=1S/C20H36N4O3.HI/c1-3-26-13-8-20(6-7-20)16-22-19(21-2)24-9-4-17(5-10-24)18(25)23-11-14-27-15-12-23;/h17H,3-16H2,1-2H3,(H,21,22);1H. The van der Waals surface area contributed by atoms with Crippen molar-refractivity contribution in [3.8, 4) is 0 Å². The summed E-state index contributed by atoms with van der Waals surface area (Å²) in [4.78, 5) is 21.5. The summed E-state index contributed by atoms with van der Waals surface area (Å²) in [5.74, 6) is 1.45. The molecule has 1 N–H and O–H groups in total. The topological polar surface area (TPSA) is 66.4 Å². The predicted molar refractivity (Wildman–Crippen MR) is 121 cm³/mol. The van der Waals surface area contributed by atoms with Gasteiger partial charge in [-0.15, -0.1) is 24.0 Å². The molecule has 0 bridgehead atoms. The molecule has 0 aromatic carbocycles. The van der Waals surface area contributed by atoms with Crippen molar-refractivity contribution in [2.75, 3.05) is 66.2 Å². The Morgan fingerprint density at radius 3 is 2.43 bits per heavy atom. The van der Waals surface area contributed by atoms with Crippen molar-refractivity contribution in [2.24, 2.45) is 16.3 Å². The largest absolute Gasteiger partial charge is 0.382 e. The zero-order chi connectivity index (χ0) is 19.1. The molecule has 3 aliphatic rings. The van der Waals surface area contributed by atoms with E-state index < -0.39 is 0 Å². The van der Waals surface area contributed by atoms with Crippen LogP contribution in [0, 0.1) is 11.3 Å². The monoisotopic (exact) mass is 508 g/mol. The van der Waals surface area contributed by atoms with Crippen molar-refractivity contribution in [1.29, 1.82) is 0 Å². The second-order valence-corrected chi connectivity index (χ2v) is 8.05. The van der Waals surface area contributed by atoms with Crippen LogP contribution in [0.15, 0.2) is 4.99 Å². The first-order chi connectivity index (χ1) is 13.2. The Morgan fingerprint density at radius 2 is 1.86 bits per heavy atom. The molecular weight excluding hydrogens is 471 g/mol. The van der Waals surface area contributed by atoms with Gasteiger partial charge in [-0.3, -0.25) is 9.79 Å². The second-order valence-electron chi connectivity index (χ2n) is 8.05. The van der Waals surface area contributed by atoms with Gasteiger partial charge in [-0.05, 0) is 44.4 Å². The lowest BCUT2D eigenvalue weighted by molar-refractivity contribution is -0.140. The third kappa shape index (κ3) is 6.45. The van der Waals surface area contributed by atoms with E-state index in [2.05, 4.69) is 15.2 Å².